The zero-order valence-electron chi connectivity index (χ0n) is 12.1. The van der Waals surface area contributed by atoms with Gasteiger partial charge in [0.2, 0.25) is 0 Å². The summed E-state index contributed by atoms with van der Waals surface area (Å²) in [7, 11) is -2.80. The van der Waals surface area contributed by atoms with E-state index < -0.39 is 9.84 Å². The molecule has 0 bridgehead atoms. The number of hydrogen-bond acceptors (Lipinski definition) is 4. The van der Waals surface area contributed by atoms with Gasteiger partial charge >= 0.3 is 0 Å². The summed E-state index contributed by atoms with van der Waals surface area (Å²) in [6, 6.07) is 0.812. The minimum absolute atomic E-state index is 0.252. The van der Waals surface area contributed by atoms with E-state index in [1.54, 1.807) is 0 Å². The Morgan fingerprint density at radius 3 is 2.68 bits per heavy atom. The molecule has 2 fully saturated rings. The smallest absolute Gasteiger partial charge is 0.151 e. The van der Waals surface area contributed by atoms with Crippen LogP contribution in [0.1, 0.15) is 45.4 Å². The van der Waals surface area contributed by atoms with Crippen molar-refractivity contribution in [1.29, 1.82) is 0 Å². The van der Waals surface area contributed by atoms with Crippen molar-refractivity contribution in [2.75, 3.05) is 31.1 Å². The maximum Gasteiger partial charge on any atom is 0.151 e. The zero-order chi connectivity index (χ0) is 13.7. The van der Waals surface area contributed by atoms with E-state index in [1.807, 2.05) is 0 Å². The highest BCUT2D eigenvalue weighted by atomic mass is 32.2. The Morgan fingerprint density at radius 1 is 1.21 bits per heavy atom. The molecule has 112 valence electrons. The normalized spacial score (nSPS) is 31.5. The Hall–Kier alpha value is -0.130. The third-order valence-corrected chi connectivity index (χ3v) is 6.14. The molecule has 2 atom stereocenters. The Bertz CT molecular complexity index is 364. The SMILES string of the molecule is CCCN(CC1CCCCN1)C1CCCS(=O)(=O)C1. The Labute approximate surface area is 117 Å². The number of rotatable bonds is 5. The van der Waals surface area contributed by atoms with Gasteiger partial charge in [0.1, 0.15) is 0 Å². The molecule has 19 heavy (non-hydrogen) atoms. The van der Waals surface area contributed by atoms with Crippen LogP contribution in [0, 0.1) is 0 Å². The van der Waals surface area contributed by atoms with Gasteiger partial charge in [-0.1, -0.05) is 13.3 Å². The first kappa shape index (κ1) is 15.3. The lowest BCUT2D eigenvalue weighted by Gasteiger charge is -2.37. The van der Waals surface area contributed by atoms with Crippen LogP contribution in [-0.4, -0.2) is 56.5 Å². The van der Waals surface area contributed by atoms with E-state index in [1.165, 1.54) is 19.3 Å². The van der Waals surface area contributed by atoms with Crippen molar-refractivity contribution < 1.29 is 8.42 Å². The van der Waals surface area contributed by atoms with Crippen LogP contribution >= 0.6 is 0 Å². The molecule has 0 aromatic heterocycles. The van der Waals surface area contributed by atoms with Crippen molar-refractivity contribution >= 4 is 9.84 Å². The van der Waals surface area contributed by atoms with Crippen LogP contribution in [0.15, 0.2) is 0 Å². The summed E-state index contributed by atoms with van der Waals surface area (Å²) in [5.41, 5.74) is 0. The van der Waals surface area contributed by atoms with Gasteiger partial charge in [-0.2, -0.15) is 0 Å². The van der Waals surface area contributed by atoms with Gasteiger partial charge in [-0.05, 0) is 45.2 Å². The predicted octanol–water partition coefficient (Wildman–Crippen LogP) is 1.42. The summed E-state index contributed by atoms with van der Waals surface area (Å²) in [6.07, 6.45) is 6.81. The molecular weight excluding hydrogens is 260 g/mol. The molecule has 1 N–H and O–H groups in total. The molecule has 2 aliphatic heterocycles. The fourth-order valence-electron chi connectivity index (χ4n) is 3.36. The van der Waals surface area contributed by atoms with Crippen molar-refractivity contribution in [3.05, 3.63) is 0 Å². The van der Waals surface area contributed by atoms with E-state index in [4.69, 9.17) is 0 Å². The fourth-order valence-corrected chi connectivity index (χ4v) is 5.10. The number of piperidine rings is 1. The van der Waals surface area contributed by atoms with E-state index >= 15 is 0 Å². The molecule has 5 heteroatoms. The van der Waals surface area contributed by atoms with Crippen molar-refractivity contribution in [3.8, 4) is 0 Å². The van der Waals surface area contributed by atoms with Crippen LogP contribution < -0.4 is 5.32 Å². The standard InChI is InChI=1S/C14H28N2O2S/c1-2-9-16(11-13-6-3-4-8-15-13)14-7-5-10-19(17,18)12-14/h13-15H,2-12H2,1H3. The zero-order valence-corrected chi connectivity index (χ0v) is 12.9. The highest BCUT2D eigenvalue weighted by Crippen LogP contribution is 2.19. The summed E-state index contributed by atoms with van der Waals surface area (Å²) >= 11 is 0. The molecular formula is C14H28N2O2S. The highest BCUT2D eigenvalue weighted by Gasteiger charge is 2.30. The Morgan fingerprint density at radius 2 is 2.05 bits per heavy atom. The topological polar surface area (TPSA) is 49.4 Å². The van der Waals surface area contributed by atoms with Crippen molar-refractivity contribution in [3.63, 3.8) is 0 Å². The quantitative estimate of drug-likeness (QED) is 0.831. The second kappa shape index (κ2) is 7.04. The maximum absolute atomic E-state index is 11.8. The van der Waals surface area contributed by atoms with Crippen LogP contribution in [0.2, 0.25) is 0 Å². The lowest BCUT2D eigenvalue weighted by molar-refractivity contribution is 0.166. The average molecular weight is 288 g/mol. The largest absolute Gasteiger partial charge is 0.313 e. The van der Waals surface area contributed by atoms with Gasteiger partial charge in [-0.15, -0.1) is 0 Å². The summed E-state index contributed by atoms with van der Waals surface area (Å²) in [5.74, 6) is 0.769. The van der Waals surface area contributed by atoms with Gasteiger partial charge in [0.25, 0.3) is 0 Å². The number of nitrogens with one attached hydrogen (secondary N) is 1. The second-order valence-electron chi connectivity index (χ2n) is 6.05. The van der Waals surface area contributed by atoms with Gasteiger partial charge in [0, 0.05) is 18.6 Å². The van der Waals surface area contributed by atoms with Gasteiger partial charge in [0.15, 0.2) is 9.84 Å². The molecule has 2 heterocycles. The van der Waals surface area contributed by atoms with E-state index in [0.717, 1.165) is 38.9 Å². The minimum Gasteiger partial charge on any atom is -0.313 e. The monoisotopic (exact) mass is 288 g/mol. The fraction of sp³-hybridized carbons (Fsp3) is 1.00. The van der Waals surface area contributed by atoms with E-state index in [-0.39, 0.29) is 6.04 Å². The molecule has 2 unspecified atom stereocenters. The van der Waals surface area contributed by atoms with Crippen LogP contribution in [0.5, 0.6) is 0 Å². The molecule has 0 radical (unpaired) electrons. The van der Waals surface area contributed by atoms with Crippen LogP contribution in [0.25, 0.3) is 0 Å². The minimum atomic E-state index is -2.80. The third-order valence-electron chi connectivity index (χ3n) is 4.33. The maximum atomic E-state index is 11.8. The lowest BCUT2D eigenvalue weighted by atomic mass is 10.0. The average Bonchev–Trinajstić information content (AvgIpc) is 2.38. The van der Waals surface area contributed by atoms with Crippen LogP contribution in [-0.2, 0) is 9.84 Å². The van der Waals surface area contributed by atoms with E-state index in [0.29, 0.717) is 17.5 Å². The molecule has 4 nitrogen and oxygen atoms in total. The van der Waals surface area contributed by atoms with Gasteiger partial charge in [0.05, 0.1) is 11.5 Å². The summed E-state index contributed by atoms with van der Waals surface area (Å²) in [6.45, 7) is 5.35. The highest BCUT2D eigenvalue weighted by molar-refractivity contribution is 7.91. The molecule has 2 rings (SSSR count). The molecule has 0 aromatic carbocycles. The first-order valence-corrected chi connectivity index (χ1v) is 9.61. The predicted molar refractivity (Wildman–Crippen MR) is 79.2 cm³/mol. The number of hydrogen-bond donors (Lipinski definition) is 1. The molecule has 0 saturated carbocycles. The molecule has 2 saturated heterocycles. The molecule has 0 aromatic rings. The Kier molecular flexibility index (Phi) is 5.66. The molecule has 0 spiro atoms. The number of sulfone groups is 1. The molecule has 0 amide bonds. The van der Waals surface area contributed by atoms with Gasteiger partial charge < -0.3 is 5.32 Å². The third kappa shape index (κ3) is 4.72. The van der Waals surface area contributed by atoms with Crippen molar-refractivity contribution in [1.82, 2.24) is 10.2 Å². The Balaban J connectivity index is 1.94. The second-order valence-corrected chi connectivity index (χ2v) is 8.28. The van der Waals surface area contributed by atoms with Crippen molar-refractivity contribution in [2.24, 2.45) is 0 Å². The van der Waals surface area contributed by atoms with Crippen LogP contribution in [0.4, 0.5) is 0 Å². The van der Waals surface area contributed by atoms with Crippen molar-refractivity contribution in [2.45, 2.75) is 57.5 Å². The summed E-state index contributed by atoms with van der Waals surface area (Å²) < 4.78 is 23.6. The molecule has 2 aliphatic rings. The molecule has 0 aliphatic carbocycles. The number of nitrogens with zero attached hydrogens (tertiary/aromatic N) is 1. The first-order valence-electron chi connectivity index (χ1n) is 7.78. The first-order chi connectivity index (χ1) is 9.11. The summed E-state index contributed by atoms with van der Waals surface area (Å²) in [4.78, 5) is 2.43. The van der Waals surface area contributed by atoms with Gasteiger partial charge in [-0.25, -0.2) is 8.42 Å². The van der Waals surface area contributed by atoms with E-state index in [9.17, 15) is 8.42 Å². The van der Waals surface area contributed by atoms with E-state index in [2.05, 4.69) is 17.1 Å². The van der Waals surface area contributed by atoms with Crippen LogP contribution in [0.3, 0.4) is 0 Å². The van der Waals surface area contributed by atoms with Gasteiger partial charge in [-0.3, -0.25) is 4.90 Å². The summed E-state index contributed by atoms with van der Waals surface area (Å²) in [5, 5.41) is 3.58. The lowest BCUT2D eigenvalue weighted by Crippen LogP contribution is -2.50.